The average Bonchev–Trinajstić information content (AvgIpc) is 2.82. The molecule has 0 heterocycles. The van der Waals surface area contributed by atoms with Crippen molar-refractivity contribution in [2.45, 2.75) is 51.1 Å². The molecule has 4 N–H and O–H groups in total. The van der Waals surface area contributed by atoms with Crippen molar-refractivity contribution in [2.24, 2.45) is 0 Å². The minimum Gasteiger partial charge on any atom is -0.445 e. The molecule has 32 heavy (non-hydrogen) atoms. The van der Waals surface area contributed by atoms with Crippen molar-refractivity contribution in [3.8, 4) is 0 Å². The molecule has 2 rings (SSSR count). The van der Waals surface area contributed by atoms with Gasteiger partial charge in [-0.15, -0.1) is 0 Å². The van der Waals surface area contributed by atoms with E-state index in [0.29, 0.717) is 25.7 Å². The van der Waals surface area contributed by atoms with Crippen LogP contribution in [-0.2, 0) is 22.7 Å². The highest BCUT2D eigenvalue weighted by molar-refractivity contribution is 5.67. The van der Waals surface area contributed by atoms with Crippen molar-refractivity contribution in [3.63, 3.8) is 0 Å². The molecule has 0 aliphatic carbocycles. The molecule has 0 unspecified atom stereocenters. The third-order valence-corrected chi connectivity index (χ3v) is 4.71. The van der Waals surface area contributed by atoms with Gasteiger partial charge in [0.1, 0.15) is 13.2 Å². The quantitative estimate of drug-likeness (QED) is 0.353. The zero-order chi connectivity index (χ0) is 23.0. The minimum absolute atomic E-state index is 0.102. The second kappa shape index (κ2) is 14.8. The molecule has 2 amide bonds. The SMILES string of the molecule is O=C(NC[C@H](O)CCCC[C@H](O)CNC(=O)OCc1ccccc1)OCc1ccccc1. The summed E-state index contributed by atoms with van der Waals surface area (Å²) in [5.41, 5.74) is 1.78. The van der Waals surface area contributed by atoms with Gasteiger partial charge >= 0.3 is 12.2 Å². The lowest BCUT2D eigenvalue weighted by Gasteiger charge is -2.14. The van der Waals surface area contributed by atoms with Crippen LogP contribution in [0.1, 0.15) is 36.8 Å². The van der Waals surface area contributed by atoms with E-state index in [9.17, 15) is 19.8 Å². The number of ether oxygens (including phenoxy) is 2. The molecule has 0 spiro atoms. The Kier molecular flexibility index (Phi) is 11.7. The van der Waals surface area contributed by atoms with E-state index in [0.717, 1.165) is 11.1 Å². The van der Waals surface area contributed by atoms with E-state index < -0.39 is 24.4 Å². The Morgan fingerprint density at radius 2 is 1.06 bits per heavy atom. The number of aliphatic hydroxyl groups excluding tert-OH is 2. The Morgan fingerprint density at radius 3 is 1.44 bits per heavy atom. The van der Waals surface area contributed by atoms with Gasteiger partial charge in [-0.25, -0.2) is 9.59 Å². The molecule has 2 aromatic carbocycles. The first-order valence-corrected chi connectivity index (χ1v) is 10.8. The maximum Gasteiger partial charge on any atom is 0.407 e. The lowest BCUT2D eigenvalue weighted by molar-refractivity contribution is 0.116. The topological polar surface area (TPSA) is 117 Å². The molecule has 0 saturated heterocycles. The Labute approximate surface area is 188 Å². The van der Waals surface area contributed by atoms with Crippen molar-refractivity contribution in [2.75, 3.05) is 13.1 Å². The zero-order valence-corrected chi connectivity index (χ0v) is 18.1. The van der Waals surface area contributed by atoms with Crippen LogP contribution < -0.4 is 10.6 Å². The van der Waals surface area contributed by atoms with Crippen LogP contribution in [0.3, 0.4) is 0 Å². The number of nitrogens with one attached hydrogen (secondary N) is 2. The van der Waals surface area contributed by atoms with Gasteiger partial charge in [-0.3, -0.25) is 0 Å². The van der Waals surface area contributed by atoms with Crippen LogP contribution in [0.2, 0.25) is 0 Å². The number of carbonyl (C=O) groups is 2. The van der Waals surface area contributed by atoms with Crippen molar-refractivity contribution in [1.29, 1.82) is 0 Å². The normalized spacial score (nSPS) is 12.4. The number of carbonyl (C=O) groups excluding carboxylic acids is 2. The summed E-state index contributed by atoms with van der Waals surface area (Å²) in [4.78, 5) is 23.3. The van der Waals surface area contributed by atoms with Crippen LogP contribution in [0.5, 0.6) is 0 Å². The second-order valence-electron chi connectivity index (χ2n) is 7.48. The monoisotopic (exact) mass is 444 g/mol. The molecule has 2 atom stereocenters. The predicted molar refractivity (Wildman–Crippen MR) is 120 cm³/mol. The molecular weight excluding hydrogens is 412 g/mol. The fourth-order valence-electron chi connectivity index (χ4n) is 2.91. The first-order valence-electron chi connectivity index (χ1n) is 10.8. The van der Waals surface area contributed by atoms with E-state index in [-0.39, 0.29) is 26.3 Å². The Hall–Kier alpha value is -3.10. The standard InChI is InChI=1S/C24H32N2O6/c27-21(15-25-23(29)31-17-19-9-3-1-4-10-19)13-7-8-14-22(28)16-26-24(30)32-18-20-11-5-2-6-12-20/h1-6,9-12,21-22,27-28H,7-8,13-18H2,(H,25,29)(H,26,30)/t21-,22+. The number of hydrogen-bond donors (Lipinski definition) is 4. The third kappa shape index (κ3) is 11.3. The van der Waals surface area contributed by atoms with Crippen LogP contribution in [0, 0.1) is 0 Å². The molecule has 0 bridgehead atoms. The maximum absolute atomic E-state index is 11.7. The van der Waals surface area contributed by atoms with Gasteiger partial charge in [0, 0.05) is 13.1 Å². The highest BCUT2D eigenvalue weighted by atomic mass is 16.6. The first-order chi connectivity index (χ1) is 15.5. The van der Waals surface area contributed by atoms with Crippen LogP contribution in [0.15, 0.2) is 60.7 Å². The molecule has 8 heteroatoms. The Morgan fingerprint density at radius 1 is 0.688 bits per heavy atom. The molecule has 2 aromatic rings. The number of benzene rings is 2. The van der Waals surface area contributed by atoms with E-state index in [2.05, 4.69) is 10.6 Å². The van der Waals surface area contributed by atoms with E-state index in [4.69, 9.17) is 9.47 Å². The van der Waals surface area contributed by atoms with Gasteiger partial charge in [-0.1, -0.05) is 73.5 Å². The van der Waals surface area contributed by atoms with Gasteiger partial charge in [0.2, 0.25) is 0 Å². The molecule has 0 fully saturated rings. The van der Waals surface area contributed by atoms with Crippen LogP contribution in [0.4, 0.5) is 9.59 Å². The van der Waals surface area contributed by atoms with E-state index >= 15 is 0 Å². The second-order valence-corrected chi connectivity index (χ2v) is 7.48. The van der Waals surface area contributed by atoms with Gasteiger partial charge in [0.15, 0.2) is 0 Å². The van der Waals surface area contributed by atoms with Gasteiger partial charge < -0.3 is 30.3 Å². The van der Waals surface area contributed by atoms with Crippen LogP contribution >= 0.6 is 0 Å². The number of alkyl carbamates (subject to hydrolysis) is 2. The van der Waals surface area contributed by atoms with Gasteiger partial charge in [0.05, 0.1) is 12.2 Å². The number of aliphatic hydroxyl groups is 2. The van der Waals surface area contributed by atoms with Crippen LogP contribution in [-0.4, -0.2) is 47.7 Å². The van der Waals surface area contributed by atoms with Crippen molar-refractivity contribution in [1.82, 2.24) is 10.6 Å². The number of rotatable bonds is 13. The maximum atomic E-state index is 11.7. The fourth-order valence-corrected chi connectivity index (χ4v) is 2.91. The van der Waals surface area contributed by atoms with Gasteiger partial charge in [0.25, 0.3) is 0 Å². The summed E-state index contributed by atoms with van der Waals surface area (Å²) in [5, 5.41) is 25.0. The molecular formula is C24H32N2O6. The van der Waals surface area contributed by atoms with Crippen molar-refractivity contribution < 1.29 is 29.3 Å². The molecule has 0 aromatic heterocycles. The van der Waals surface area contributed by atoms with Crippen LogP contribution in [0.25, 0.3) is 0 Å². The van der Waals surface area contributed by atoms with Gasteiger partial charge in [-0.05, 0) is 24.0 Å². The lowest BCUT2D eigenvalue weighted by Crippen LogP contribution is -2.33. The van der Waals surface area contributed by atoms with E-state index in [1.807, 2.05) is 60.7 Å². The van der Waals surface area contributed by atoms with E-state index in [1.165, 1.54) is 0 Å². The van der Waals surface area contributed by atoms with Gasteiger partial charge in [-0.2, -0.15) is 0 Å². The predicted octanol–water partition coefficient (Wildman–Crippen LogP) is 3.12. The number of hydrogen-bond acceptors (Lipinski definition) is 6. The summed E-state index contributed by atoms with van der Waals surface area (Å²) in [6.45, 7) is 0.555. The number of amides is 2. The molecule has 0 saturated carbocycles. The average molecular weight is 445 g/mol. The minimum atomic E-state index is -0.692. The molecule has 0 aliphatic rings. The summed E-state index contributed by atoms with van der Waals surface area (Å²) in [5.74, 6) is 0. The molecule has 8 nitrogen and oxygen atoms in total. The summed E-state index contributed by atoms with van der Waals surface area (Å²) < 4.78 is 10.2. The molecule has 0 aliphatic heterocycles. The highest BCUT2D eigenvalue weighted by Crippen LogP contribution is 2.07. The Balaban J connectivity index is 1.45. The largest absolute Gasteiger partial charge is 0.445 e. The summed E-state index contributed by atoms with van der Waals surface area (Å²) in [6.07, 6.45) is -0.210. The summed E-state index contributed by atoms with van der Waals surface area (Å²) >= 11 is 0. The third-order valence-electron chi connectivity index (χ3n) is 4.71. The smallest absolute Gasteiger partial charge is 0.407 e. The summed E-state index contributed by atoms with van der Waals surface area (Å²) in [7, 11) is 0. The van der Waals surface area contributed by atoms with E-state index in [1.54, 1.807) is 0 Å². The first kappa shape index (κ1) is 25.2. The van der Waals surface area contributed by atoms with Crippen molar-refractivity contribution >= 4 is 12.2 Å². The highest BCUT2D eigenvalue weighted by Gasteiger charge is 2.11. The molecule has 0 radical (unpaired) electrons. The van der Waals surface area contributed by atoms with Crippen molar-refractivity contribution in [3.05, 3.63) is 71.8 Å². The fraction of sp³-hybridized carbons (Fsp3) is 0.417. The molecule has 174 valence electrons. The Bertz CT molecular complexity index is 720. The lowest BCUT2D eigenvalue weighted by atomic mass is 10.1. The zero-order valence-electron chi connectivity index (χ0n) is 18.1. The number of unbranched alkanes of at least 4 members (excludes halogenated alkanes) is 1. The summed E-state index contributed by atoms with van der Waals surface area (Å²) in [6, 6.07) is 18.7.